The molecule has 21 heavy (non-hydrogen) atoms. The van der Waals surface area contributed by atoms with E-state index in [9.17, 15) is 14.0 Å². The zero-order chi connectivity index (χ0) is 15.4. The van der Waals surface area contributed by atoms with Gasteiger partial charge in [0, 0.05) is 28.5 Å². The van der Waals surface area contributed by atoms with Gasteiger partial charge in [0.2, 0.25) is 0 Å². The van der Waals surface area contributed by atoms with Gasteiger partial charge in [0.1, 0.15) is 19.0 Å². The number of carbonyl (C=O) groups is 1. The standard InChI is InChI=1S/C14H12ClFN2O3/c15-10-2-1-9(12(16)5-10)8-21-14(20)7-18-6-11(17)3-4-13(18)19/h1-6H,7-8,17H2. The Kier molecular flexibility index (Phi) is 4.59. The molecule has 0 fully saturated rings. The molecule has 7 heteroatoms. The van der Waals surface area contributed by atoms with E-state index in [4.69, 9.17) is 22.1 Å². The topological polar surface area (TPSA) is 74.3 Å². The molecule has 1 aromatic carbocycles. The molecule has 2 N–H and O–H groups in total. The molecule has 0 saturated carbocycles. The Balaban J connectivity index is 1.99. The van der Waals surface area contributed by atoms with Crippen molar-refractivity contribution in [2.45, 2.75) is 13.2 Å². The van der Waals surface area contributed by atoms with Crippen LogP contribution in [0.15, 0.2) is 41.3 Å². The fourth-order valence-electron chi connectivity index (χ4n) is 1.66. The molecule has 2 aromatic rings. The van der Waals surface area contributed by atoms with Crippen molar-refractivity contribution in [1.29, 1.82) is 0 Å². The fourth-order valence-corrected chi connectivity index (χ4v) is 1.81. The molecule has 0 radical (unpaired) electrons. The Bertz CT molecular complexity index is 730. The first-order valence-electron chi connectivity index (χ1n) is 6.01. The normalized spacial score (nSPS) is 10.4. The van der Waals surface area contributed by atoms with Crippen molar-refractivity contribution >= 4 is 23.3 Å². The summed E-state index contributed by atoms with van der Waals surface area (Å²) in [7, 11) is 0. The maximum Gasteiger partial charge on any atom is 0.326 e. The van der Waals surface area contributed by atoms with Crippen molar-refractivity contribution in [3.63, 3.8) is 0 Å². The first-order chi connectivity index (χ1) is 9.95. The predicted molar refractivity (Wildman–Crippen MR) is 76.3 cm³/mol. The van der Waals surface area contributed by atoms with Crippen LogP contribution in [0, 0.1) is 5.82 Å². The van der Waals surface area contributed by atoms with Crippen LogP contribution in [0.1, 0.15) is 5.56 Å². The molecule has 0 saturated heterocycles. The lowest BCUT2D eigenvalue weighted by atomic mass is 10.2. The monoisotopic (exact) mass is 310 g/mol. The van der Waals surface area contributed by atoms with Crippen LogP contribution in [0.3, 0.4) is 0 Å². The highest BCUT2D eigenvalue weighted by molar-refractivity contribution is 6.30. The highest BCUT2D eigenvalue weighted by atomic mass is 35.5. The smallest absolute Gasteiger partial charge is 0.326 e. The van der Waals surface area contributed by atoms with Crippen molar-refractivity contribution < 1.29 is 13.9 Å². The van der Waals surface area contributed by atoms with Crippen LogP contribution < -0.4 is 11.3 Å². The average Bonchev–Trinajstić information content (AvgIpc) is 2.42. The summed E-state index contributed by atoms with van der Waals surface area (Å²) in [5.41, 5.74) is 5.71. The van der Waals surface area contributed by atoms with Crippen LogP contribution >= 0.6 is 11.6 Å². The Labute approximate surface area is 124 Å². The van der Waals surface area contributed by atoms with E-state index < -0.39 is 11.8 Å². The Morgan fingerprint density at radius 1 is 1.33 bits per heavy atom. The molecule has 0 amide bonds. The number of anilines is 1. The van der Waals surface area contributed by atoms with E-state index in [1.165, 1.54) is 30.5 Å². The minimum absolute atomic E-state index is 0.202. The first kappa shape index (κ1) is 15.1. The highest BCUT2D eigenvalue weighted by Crippen LogP contribution is 2.15. The van der Waals surface area contributed by atoms with E-state index in [2.05, 4.69) is 0 Å². The van der Waals surface area contributed by atoms with Gasteiger partial charge in [-0.15, -0.1) is 0 Å². The number of halogens is 2. The molecular weight excluding hydrogens is 299 g/mol. The van der Waals surface area contributed by atoms with Crippen molar-refractivity contribution in [2.75, 3.05) is 5.73 Å². The predicted octanol–water partition coefficient (Wildman–Crippen LogP) is 1.97. The highest BCUT2D eigenvalue weighted by Gasteiger charge is 2.09. The number of pyridine rings is 1. The quantitative estimate of drug-likeness (QED) is 0.876. The summed E-state index contributed by atoms with van der Waals surface area (Å²) in [6.07, 6.45) is 1.34. The Morgan fingerprint density at radius 2 is 2.10 bits per heavy atom. The van der Waals surface area contributed by atoms with Crippen LogP contribution in [0.25, 0.3) is 0 Å². The van der Waals surface area contributed by atoms with Crippen molar-refractivity contribution in [3.05, 3.63) is 63.3 Å². The summed E-state index contributed by atoms with van der Waals surface area (Å²) in [4.78, 5) is 23.2. The number of aromatic nitrogens is 1. The Morgan fingerprint density at radius 3 is 2.81 bits per heavy atom. The van der Waals surface area contributed by atoms with Crippen molar-refractivity contribution in [3.8, 4) is 0 Å². The summed E-state index contributed by atoms with van der Waals surface area (Å²) in [6.45, 7) is -0.530. The maximum absolute atomic E-state index is 13.5. The lowest BCUT2D eigenvalue weighted by Crippen LogP contribution is -2.24. The van der Waals surface area contributed by atoms with E-state index in [0.717, 1.165) is 10.6 Å². The Hall–Kier alpha value is -2.34. The van der Waals surface area contributed by atoms with E-state index in [-0.39, 0.29) is 29.3 Å². The van der Waals surface area contributed by atoms with Gasteiger partial charge in [-0.2, -0.15) is 0 Å². The van der Waals surface area contributed by atoms with Gasteiger partial charge in [-0.3, -0.25) is 9.59 Å². The largest absolute Gasteiger partial charge is 0.459 e. The summed E-state index contributed by atoms with van der Waals surface area (Å²) in [5.74, 6) is -1.23. The minimum atomic E-state index is -0.669. The van der Waals surface area contributed by atoms with Crippen LogP contribution in [-0.4, -0.2) is 10.5 Å². The number of nitrogen functional groups attached to an aromatic ring is 1. The maximum atomic E-state index is 13.5. The fraction of sp³-hybridized carbons (Fsp3) is 0.143. The number of rotatable bonds is 4. The average molecular weight is 311 g/mol. The lowest BCUT2D eigenvalue weighted by Gasteiger charge is -2.08. The van der Waals surface area contributed by atoms with Crippen LogP contribution in [-0.2, 0) is 22.7 Å². The number of nitrogens with two attached hydrogens (primary N) is 1. The second-order valence-corrected chi connectivity index (χ2v) is 4.76. The van der Waals surface area contributed by atoms with Gasteiger partial charge < -0.3 is 15.0 Å². The van der Waals surface area contributed by atoms with Crippen LogP contribution in [0.4, 0.5) is 10.1 Å². The molecule has 0 spiro atoms. The molecule has 0 unspecified atom stereocenters. The van der Waals surface area contributed by atoms with E-state index in [0.29, 0.717) is 5.69 Å². The van der Waals surface area contributed by atoms with Gasteiger partial charge >= 0.3 is 5.97 Å². The van der Waals surface area contributed by atoms with Crippen LogP contribution in [0.2, 0.25) is 5.02 Å². The van der Waals surface area contributed by atoms with Gasteiger partial charge in [-0.1, -0.05) is 17.7 Å². The van der Waals surface area contributed by atoms with E-state index >= 15 is 0 Å². The second-order valence-electron chi connectivity index (χ2n) is 4.32. The molecule has 110 valence electrons. The molecule has 2 rings (SSSR count). The number of benzene rings is 1. The molecular formula is C14H12ClFN2O3. The molecule has 0 bridgehead atoms. The summed E-state index contributed by atoms with van der Waals surface area (Å²) in [6, 6.07) is 6.75. The molecule has 1 heterocycles. The van der Waals surface area contributed by atoms with Crippen LogP contribution in [0.5, 0.6) is 0 Å². The zero-order valence-electron chi connectivity index (χ0n) is 10.9. The van der Waals surface area contributed by atoms with Gasteiger partial charge in [0.25, 0.3) is 5.56 Å². The van der Waals surface area contributed by atoms with Gasteiger partial charge in [-0.25, -0.2) is 4.39 Å². The van der Waals surface area contributed by atoms with Crippen molar-refractivity contribution in [1.82, 2.24) is 4.57 Å². The molecule has 0 aliphatic carbocycles. The second kappa shape index (κ2) is 6.41. The van der Waals surface area contributed by atoms with Gasteiger partial charge in [0.05, 0.1) is 0 Å². The number of carbonyl (C=O) groups excluding carboxylic acids is 1. The van der Waals surface area contributed by atoms with Gasteiger partial charge in [-0.05, 0) is 18.2 Å². The summed E-state index contributed by atoms with van der Waals surface area (Å²) in [5, 5.41) is 0.258. The molecule has 0 atom stereocenters. The summed E-state index contributed by atoms with van der Waals surface area (Å²) >= 11 is 5.62. The lowest BCUT2D eigenvalue weighted by molar-refractivity contribution is -0.145. The zero-order valence-corrected chi connectivity index (χ0v) is 11.6. The summed E-state index contributed by atoms with van der Waals surface area (Å²) < 4.78 is 19.5. The third kappa shape index (κ3) is 4.06. The minimum Gasteiger partial charge on any atom is -0.459 e. The molecule has 0 aliphatic heterocycles. The number of hydrogen-bond donors (Lipinski definition) is 1. The first-order valence-corrected chi connectivity index (χ1v) is 6.39. The van der Waals surface area contributed by atoms with Gasteiger partial charge in [0.15, 0.2) is 0 Å². The third-order valence-corrected chi connectivity index (χ3v) is 2.94. The third-order valence-electron chi connectivity index (χ3n) is 2.71. The number of nitrogens with zero attached hydrogens (tertiary/aromatic N) is 1. The SMILES string of the molecule is Nc1ccc(=O)n(CC(=O)OCc2ccc(Cl)cc2F)c1. The number of hydrogen-bond acceptors (Lipinski definition) is 4. The molecule has 5 nitrogen and oxygen atoms in total. The number of ether oxygens (including phenoxy) is 1. The van der Waals surface area contributed by atoms with Crippen molar-refractivity contribution in [2.24, 2.45) is 0 Å². The molecule has 0 aliphatic rings. The number of esters is 1. The molecule has 1 aromatic heterocycles. The van der Waals surface area contributed by atoms with E-state index in [1.807, 2.05) is 0 Å². The van der Waals surface area contributed by atoms with E-state index in [1.54, 1.807) is 0 Å².